The summed E-state index contributed by atoms with van der Waals surface area (Å²) in [6.07, 6.45) is 7.83. The second-order valence-corrected chi connectivity index (χ2v) is 8.37. The molecule has 0 spiro atoms. The molecule has 2 aromatic rings. The lowest BCUT2D eigenvalue weighted by Crippen LogP contribution is -2.39. The Morgan fingerprint density at radius 1 is 1.31 bits per heavy atom. The van der Waals surface area contributed by atoms with Crippen molar-refractivity contribution in [2.75, 3.05) is 32.2 Å². The minimum Gasteiger partial charge on any atom is -0.468 e. The number of piperidine rings is 1. The number of methoxy groups -OCH3 is 1. The second kappa shape index (κ2) is 10.1. The van der Waals surface area contributed by atoms with Gasteiger partial charge in [0, 0.05) is 25.8 Å². The van der Waals surface area contributed by atoms with Gasteiger partial charge >= 0.3 is 5.97 Å². The van der Waals surface area contributed by atoms with Crippen molar-refractivity contribution in [1.82, 2.24) is 19.6 Å². The van der Waals surface area contributed by atoms with Gasteiger partial charge in [-0.3, -0.25) is 14.9 Å². The Kier molecular flexibility index (Phi) is 7.55. The van der Waals surface area contributed by atoms with Crippen LogP contribution in [-0.2, 0) is 16.1 Å². The first-order valence-electron chi connectivity index (χ1n) is 10.1. The van der Waals surface area contributed by atoms with E-state index in [1.165, 1.54) is 13.5 Å². The molecule has 8 heteroatoms. The van der Waals surface area contributed by atoms with Crippen molar-refractivity contribution >= 4 is 29.3 Å². The summed E-state index contributed by atoms with van der Waals surface area (Å²) in [5.41, 5.74) is 3.06. The van der Waals surface area contributed by atoms with Crippen LogP contribution in [-0.4, -0.2) is 64.4 Å². The number of aromatic nitrogens is 2. The molecular weight excluding hydrogens is 388 g/mol. The predicted octanol–water partition coefficient (Wildman–Crippen LogP) is 2.65. The number of nitrogens with one attached hydrogen (secondary N) is 1. The van der Waals surface area contributed by atoms with Crippen molar-refractivity contribution in [2.24, 2.45) is 0 Å². The molecule has 0 radical (unpaired) electrons. The van der Waals surface area contributed by atoms with Gasteiger partial charge in [0.1, 0.15) is 11.7 Å². The smallest absolute Gasteiger partial charge is 0.322 e. The van der Waals surface area contributed by atoms with Crippen molar-refractivity contribution in [3.05, 3.63) is 35.3 Å². The van der Waals surface area contributed by atoms with E-state index >= 15 is 0 Å². The van der Waals surface area contributed by atoms with Crippen LogP contribution in [0.25, 0.3) is 5.65 Å². The summed E-state index contributed by atoms with van der Waals surface area (Å²) in [5, 5.41) is 3.30. The summed E-state index contributed by atoms with van der Waals surface area (Å²) in [6.45, 7) is 3.91. The van der Waals surface area contributed by atoms with Gasteiger partial charge in [-0.25, -0.2) is 4.98 Å². The summed E-state index contributed by atoms with van der Waals surface area (Å²) >= 11 is 1.69. The molecule has 0 aliphatic carbocycles. The number of carbonyl (C=O) groups excluding carboxylic acids is 2. The number of rotatable bonds is 8. The Labute approximate surface area is 176 Å². The van der Waals surface area contributed by atoms with Crippen molar-refractivity contribution < 1.29 is 14.3 Å². The molecule has 0 bridgehead atoms. The standard InChI is InChI=1S/C21H30N4O3S/c1-15-8-7-12-25-17(14-22-16(9-13-29-3)21(27)28-2)18(23-19(15)25)20(26)24-10-5-4-6-11-24/h7-8,12,16,22H,4-6,9-11,13-14H2,1-3H3. The SMILES string of the molecule is COC(=O)C(CCSC)NCc1c(C(=O)N2CCCCC2)nc2c(C)cccn12. The zero-order chi connectivity index (χ0) is 20.8. The maximum absolute atomic E-state index is 13.2. The molecule has 1 aliphatic rings. The van der Waals surface area contributed by atoms with Crippen molar-refractivity contribution in [3.63, 3.8) is 0 Å². The maximum atomic E-state index is 13.2. The summed E-state index contributed by atoms with van der Waals surface area (Å²) < 4.78 is 6.91. The minimum atomic E-state index is -0.416. The Morgan fingerprint density at radius 3 is 2.76 bits per heavy atom. The molecule has 1 amide bonds. The summed E-state index contributed by atoms with van der Waals surface area (Å²) in [5.74, 6) is 0.537. The van der Waals surface area contributed by atoms with Gasteiger partial charge < -0.3 is 14.0 Å². The van der Waals surface area contributed by atoms with Gasteiger partial charge in [0.25, 0.3) is 5.91 Å². The van der Waals surface area contributed by atoms with Crippen molar-refractivity contribution in [3.8, 4) is 0 Å². The Bertz CT molecular complexity index is 861. The number of nitrogens with zero attached hydrogens (tertiary/aromatic N) is 3. The van der Waals surface area contributed by atoms with Crippen LogP contribution in [0, 0.1) is 6.92 Å². The third-order valence-corrected chi connectivity index (χ3v) is 6.05. The zero-order valence-electron chi connectivity index (χ0n) is 17.4. The van der Waals surface area contributed by atoms with Crippen LogP contribution in [0.3, 0.4) is 0 Å². The van der Waals surface area contributed by atoms with Crippen LogP contribution >= 0.6 is 11.8 Å². The normalized spacial score (nSPS) is 15.5. The number of esters is 1. The summed E-state index contributed by atoms with van der Waals surface area (Å²) in [7, 11) is 1.40. The van der Waals surface area contributed by atoms with Gasteiger partial charge in [0.15, 0.2) is 5.69 Å². The fourth-order valence-electron chi connectivity index (χ4n) is 3.74. The molecule has 0 saturated carbocycles. The predicted molar refractivity (Wildman–Crippen MR) is 115 cm³/mol. The number of aryl methyl sites for hydroxylation is 1. The van der Waals surface area contributed by atoms with E-state index in [0.29, 0.717) is 18.7 Å². The van der Waals surface area contributed by atoms with Gasteiger partial charge in [-0.15, -0.1) is 0 Å². The van der Waals surface area contributed by atoms with E-state index in [1.54, 1.807) is 11.8 Å². The van der Waals surface area contributed by atoms with E-state index in [0.717, 1.165) is 48.6 Å². The highest BCUT2D eigenvalue weighted by atomic mass is 32.2. The van der Waals surface area contributed by atoms with Gasteiger partial charge in [0.05, 0.1) is 12.8 Å². The van der Waals surface area contributed by atoms with Crippen LogP contribution in [0.5, 0.6) is 0 Å². The lowest BCUT2D eigenvalue weighted by Gasteiger charge is -2.26. The molecular formula is C21H30N4O3S. The Balaban J connectivity index is 1.91. The number of hydrogen-bond acceptors (Lipinski definition) is 6. The van der Waals surface area contributed by atoms with Gasteiger partial charge in [-0.2, -0.15) is 11.8 Å². The van der Waals surface area contributed by atoms with E-state index in [1.807, 2.05) is 40.8 Å². The number of likely N-dealkylation sites (tertiary alicyclic amines) is 1. The Hall–Kier alpha value is -2.06. The molecule has 1 aliphatic heterocycles. The topological polar surface area (TPSA) is 75.9 Å². The minimum absolute atomic E-state index is 0.0247. The maximum Gasteiger partial charge on any atom is 0.322 e. The monoisotopic (exact) mass is 418 g/mol. The molecule has 1 atom stereocenters. The van der Waals surface area contributed by atoms with Crippen molar-refractivity contribution in [1.29, 1.82) is 0 Å². The number of thioether (sulfide) groups is 1. The average molecular weight is 419 g/mol. The number of fused-ring (bicyclic) bond motifs is 1. The number of amides is 1. The fourth-order valence-corrected chi connectivity index (χ4v) is 4.21. The van der Waals surface area contributed by atoms with E-state index in [-0.39, 0.29) is 11.9 Å². The first-order chi connectivity index (χ1) is 14.1. The third kappa shape index (κ3) is 4.93. The van der Waals surface area contributed by atoms with E-state index in [9.17, 15) is 9.59 Å². The van der Waals surface area contributed by atoms with Crippen LogP contribution in [0.1, 0.15) is 47.4 Å². The molecule has 7 nitrogen and oxygen atoms in total. The first kappa shape index (κ1) is 21.6. The number of pyridine rings is 1. The molecule has 1 saturated heterocycles. The third-order valence-electron chi connectivity index (χ3n) is 5.40. The summed E-state index contributed by atoms with van der Waals surface area (Å²) in [4.78, 5) is 32.0. The highest BCUT2D eigenvalue weighted by Crippen LogP contribution is 2.20. The van der Waals surface area contributed by atoms with Gasteiger partial charge in [-0.1, -0.05) is 6.07 Å². The quantitative estimate of drug-likeness (QED) is 0.664. The summed E-state index contributed by atoms with van der Waals surface area (Å²) in [6, 6.07) is 3.53. The molecule has 1 N–H and O–H groups in total. The van der Waals surface area contributed by atoms with Crippen LogP contribution < -0.4 is 5.32 Å². The number of hydrogen-bond donors (Lipinski definition) is 1. The van der Waals surface area contributed by atoms with Crippen LogP contribution in [0.4, 0.5) is 0 Å². The molecule has 2 aromatic heterocycles. The largest absolute Gasteiger partial charge is 0.468 e. The highest BCUT2D eigenvalue weighted by Gasteiger charge is 2.27. The first-order valence-corrected chi connectivity index (χ1v) is 11.5. The van der Waals surface area contributed by atoms with Gasteiger partial charge in [-0.05, 0) is 56.2 Å². The van der Waals surface area contributed by atoms with Gasteiger partial charge in [0.2, 0.25) is 0 Å². The molecule has 3 rings (SSSR count). The lowest BCUT2D eigenvalue weighted by molar-refractivity contribution is -0.143. The number of carbonyl (C=O) groups is 2. The number of ether oxygens (including phenoxy) is 1. The molecule has 158 valence electrons. The zero-order valence-corrected chi connectivity index (χ0v) is 18.3. The Morgan fingerprint density at radius 2 is 2.07 bits per heavy atom. The van der Waals surface area contributed by atoms with Crippen LogP contribution in [0.15, 0.2) is 18.3 Å². The number of imidazole rings is 1. The fraction of sp³-hybridized carbons (Fsp3) is 0.571. The average Bonchev–Trinajstić information content (AvgIpc) is 3.13. The van der Waals surface area contributed by atoms with E-state index < -0.39 is 6.04 Å². The molecule has 1 unspecified atom stereocenters. The highest BCUT2D eigenvalue weighted by molar-refractivity contribution is 7.98. The molecule has 3 heterocycles. The molecule has 29 heavy (non-hydrogen) atoms. The lowest BCUT2D eigenvalue weighted by atomic mass is 10.1. The van der Waals surface area contributed by atoms with E-state index in [2.05, 4.69) is 5.32 Å². The molecule has 0 aromatic carbocycles. The van der Waals surface area contributed by atoms with Crippen molar-refractivity contribution in [2.45, 2.75) is 45.2 Å². The van der Waals surface area contributed by atoms with Crippen LogP contribution in [0.2, 0.25) is 0 Å². The molecule has 1 fully saturated rings. The second-order valence-electron chi connectivity index (χ2n) is 7.38. The van der Waals surface area contributed by atoms with E-state index in [4.69, 9.17) is 9.72 Å².